The Morgan fingerprint density at radius 2 is 1.96 bits per heavy atom. The Morgan fingerprint density at radius 3 is 2.74 bits per heavy atom. The molecule has 0 atom stereocenters. The molecule has 1 aliphatic heterocycles. The number of rotatable bonds is 1. The summed E-state index contributed by atoms with van der Waals surface area (Å²) in [6.45, 7) is 2.49. The van der Waals surface area contributed by atoms with Gasteiger partial charge in [0.15, 0.2) is 0 Å². The molecule has 2 aromatic rings. The highest BCUT2D eigenvalue weighted by Gasteiger charge is 2.27. The van der Waals surface area contributed by atoms with E-state index in [2.05, 4.69) is 27.9 Å². The van der Waals surface area contributed by atoms with E-state index in [9.17, 15) is 9.59 Å². The van der Waals surface area contributed by atoms with E-state index in [1.165, 1.54) is 0 Å². The van der Waals surface area contributed by atoms with Crippen LogP contribution in [0.15, 0.2) is 42.5 Å². The number of halogens is 1. The van der Waals surface area contributed by atoms with Crippen LogP contribution in [-0.2, 0) is 16.0 Å². The molecule has 2 aromatic carbocycles. The summed E-state index contributed by atoms with van der Waals surface area (Å²) in [4.78, 5) is 26.5. The first-order valence-corrected chi connectivity index (χ1v) is 8.61. The lowest BCUT2D eigenvalue weighted by Gasteiger charge is -2.28. The molecule has 0 aliphatic carbocycles. The second-order valence-electron chi connectivity index (χ2n) is 5.60. The molecule has 23 heavy (non-hydrogen) atoms. The summed E-state index contributed by atoms with van der Waals surface area (Å²) in [6, 6.07) is 13.5. The molecule has 0 saturated carbocycles. The molecule has 0 unspecified atom stereocenters. The van der Waals surface area contributed by atoms with Gasteiger partial charge in [-0.1, -0.05) is 18.2 Å². The van der Waals surface area contributed by atoms with E-state index < -0.39 is 11.8 Å². The maximum atomic E-state index is 12.6. The topological polar surface area (TPSA) is 49.4 Å². The van der Waals surface area contributed by atoms with Crippen molar-refractivity contribution in [1.29, 1.82) is 0 Å². The van der Waals surface area contributed by atoms with E-state index in [4.69, 9.17) is 0 Å². The van der Waals surface area contributed by atoms with Crippen molar-refractivity contribution in [3.8, 4) is 0 Å². The summed E-state index contributed by atoms with van der Waals surface area (Å²) in [5.74, 6) is -1.10. The molecular weight excluding hydrogens is 403 g/mol. The Bertz CT molecular complexity index is 773. The van der Waals surface area contributed by atoms with E-state index in [1.54, 1.807) is 4.90 Å². The number of benzene rings is 2. The zero-order valence-corrected chi connectivity index (χ0v) is 15.0. The van der Waals surface area contributed by atoms with Gasteiger partial charge in [-0.15, -0.1) is 0 Å². The van der Waals surface area contributed by atoms with Crippen LogP contribution in [0.1, 0.15) is 17.5 Å². The first kappa shape index (κ1) is 16.0. The molecular formula is C18H17IN2O2. The van der Waals surface area contributed by atoms with E-state index in [0.717, 1.165) is 33.2 Å². The van der Waals surface area contributed by atoms with Gasteiger partial charge in [-0.3, -0.25) is 9.59 Å². The van der Waals surface area contributed by atoms with Crippen LogP contribution in [0.3, 0.4) is 0 Å². The van der Waals surface area contributed by atoms with Gasteiger partial charge in [0.05, 0.1) is 0 Å². The Balaban J connectivity index is 1.80. The third kappa shape index (κ3) is 3.39. The highest BCUT2D eigenvalue weighted by atomic mass is 127. The number of carbonyl (C=O) groups is 2. The summed E-state index contributed by atoms with van der Waals surface area (Å²) < 4.78 is 1.09. The molecule has 5 heteroatoms. The van der Waals surface area contributed by atoms with Crippen molar-refractivity contribution in [3.05, 3.63) is 57.2 Å². The highest BCUT2D eigenvalue weighted by Crippen LogP contribution is 2.27. The lowest BCUT2D eigenvalue weighted by atomic mass is 10.0. The third-order valence-corrected chi connectivity index (χ3v) is 4.66. The number of fused-ring (bicyclic) bond motifs is 1. The van der Waals surface area contributed by atoms with Crippen LogP contribution < -0.4 is 10.2 Å². The standard InChI is InChI=1S/C18H17IN2O2/c1-12-11-14(19)8-9-15(12)20-17(22)18(23)21-10-4-6-13-5-2-3-7-16(13)21/h2-3,5,7-9,11H,4,6,10H2,1H3,(H,20,22). The fraction of sp³-hybridized carbons (Fsp3) is 0.222. The Labute approximate surface area is 149 Å². The number of hydrogen-bond donors (Lipinski definition) is 1. The number of hydrogen-bond acceptors (Lipinski definition) is 2. The minimum absolute atomic E-state index is 0.505. The number of amides is 2. The van der Waals surface area contributed by atoms with Crippen molar-refractivity contribution in [2.75, 3.05) is 16.8 Å². The molecule has 2 amide bonds. The van der Waals surface area contributed by atoms with Crippen molar-refractivity contribution in [1.82, 2.24) is 0 Å². The van der Waals surface area contributed by atoms with Gasteiger partial charge in [0.2, 0.25) is 0 Å². The van der Waals surface area contributed by atoms with E-state index >= 15 is 0 Å². The second-order valence-corrected chi connectivity index (χ2v) is 6.85. The molecule has 1 aliphatic rings. The van der Waals surface area contributed by atoms with Gasteiger partial charge >= 0.3 is 11.8 Å². The molecule has 0 saturated heterocycles. The van der Waals surface area contributed by atoms with Crippen molar-refractivity contribution < 1.29 is 9.59 Å². The number of para-hydroxylation sites is 1. The lowest BCUT2D eigenvalue weighted by molar-refractivity contribution is -0.134. The average molecular weight is 420 g/mol. The van der Waals surface area contributed by atoms with Crippen LogP contribution in [0.25, 0.3) is 0 Å². The zero-order valence-electron chi connectivity index (χ0n) is 12.8. The van der Waals surface area contributed by atoms with E-state index in [-0.39, 0.29) is 0 Å². The molecule has 0 aromatic heterocycles. The molecule has 0 fully saturated rings. The van der Waals surface area contributed by atoms with Crippen LogP contribution >= 0.6 is 22.6 Å². The van der Waals surface area contributed by atoms with Crippen LogP contribution in [0.5, 0.6) is 0 Å². The van der Waals surface area contributed by atoms with E-state index in [1.807, 2.05) is 49.4 Å². The first-order valence-electron chi connectivity index (χ1n) is 7.53. The molecule has 0 bridgehead atoms. The van der Waals surface area contributed by atoms with Crippen LogP contribution in [-0.4, -0.2) is 18.4 Å². The molecule has 118 valence electrons. The predicted molar refractivity (Wildman–Crippen MR) is 99.6 cm³/mol. The van der Waals surface area contributed by atoms with Crippen LogP contribution in [0, 0.1) is 10.5 Å². The molecule has 1 heterocycles. The normalized spacial score (nSPS) is 13.4. The van der Waals surface area contributed by atoms with Crippen molar-refractivity contribution >= 4 is 45.8 Å². The average Bonchev–Trinajstić information content (AvgIpc) is 2.56. The Kier molecular flexibility index (Phi) is 4.66. The van der Waals surface area contributed by atoms with Gasteiger partial charge in [0.25, 0.3) is 0 Å². The third-order valence-electron chi connectivity index (χ3n) is 3.99. The summed E-state index contributed by atoms with van der Waals surface area (Å²) in [7, 11) is 0. The second kappa shape index (κ2) is 6.70. The van der Waals surface area contributed by atoms with Crippen molar-refractivity contribution in [3.63, 3.8) is 0 Å². The van der Waals surface area contributed by atoms with Crippen molar-refractivity contribution in [2.24, 2.45) is 0 Å². The Hall–Kier alpha value is -1.89. The summed E-state index contributed by atoms with van der Waals surface area (Å²) in [5.41, 5.74) is 3.58. The van der Waals surface area contributed by atoms with Gasteiger partial charge in [0.1, 0.15) is 0 Å². The van der Waals surface area contributed by atoms with Gasteiger partial charge < -0.3 is 10.2 Å². The minimum Gasteiger partial charge on any atom is -0.318 e. The number of nitrogens with zero attached hydrogens (tertiary/aromatic N) is 1. The highest BCUT2D eigenvalue weighted by molar-refractivity contribution is 14.1. The van der Waals surface area contributed by atoms with Gasteiger partial charge in [-0.2, -0.15) is 0 Å². The van der Waals surface area contributed by atoms with E-state index in [0.29, 0.717) is 12.2 Å². The molecule has 0 spiro atoms. The molecule has 3 rings (SSSR count). The number of anilines is 2. The maximum absolute atomic E-state index is 12.6. The molecule has 1 N–H and O–H groups in total. The Morgan fingerprint density at radius 1 is 1.17 bits per heavy atom. The monoisotopic (exact) mass is 420 g/mol. The van der Waals surface area contributed by atoms with Gasteiger partial charge in [-0.25, -0.2) is 0 Å². The maximum Gasteiger partial charge on any atom is 0.316 e. The molecule has 4 nitrogen and oxygen atoms in total. The largest absolute Gasteiger partial charge is 0.318 e. The van der Waals surface area contributed by atoms with Crippen molar-refractivity contribution in [2.45, 2.75) is 19.8 Å². The van der Waals surface area contributed by atoms with Crippen LogP contribution in [0.4, 0.5) is 11.4 Å². The fourth-order valence-corrected chi connectivity index (χ4v) is 3.46. The summed E-state index contributed by atoms with van der Waals surface area (Å²) in [5, 5.41) is 2.73. The lowest BCUT2D eigenvalue weighted by Crippen LogP contribution is -2.42. The predicted octanol–water partition coefficient (Wildman–Crippen LogP) is 3.52. The first-order chi connectivity index (χ1) is 11.1. The number of carbonyl (C=O) groups excluding carboxylic acids is 2. The number of aryl methyl sites for hydroxylation is 2. The summed E-state index contributed by atoms with van der Waals surface area (Å²) >= 11 is 2.22. The quantitative estimate of drug-likeness (QED) is 0.567. The van der Waals surface area contributed by atoms with Gasteiger partial charge in [0, 0.05) is 21.5 Å². The zero-order chi connectivity index (χ0) is 16.4. The molecule has 0 radical (unpaired) electrons. The van der Waals surface area contributed by atoms with Crippen LogP contribution in [0.2, 0.25) is 0 Å². The summed E-state index contributed by atoms with van der Waals surface area (Å²) in [6.07, 6.45) is 1.82. The number of nitrogens with one attached hydrogen (secondary N) is 1. The minimum atomic E-state index is -0.592. The smallest absolute Gasteiger partial charge is 0.316 e. The SMILES string of the molecule is Cc1cc(I)ccc1NC(=O)C(=O)N1CCCc2ccccc21. The fourth-order valence-electron chi connectivity index (χ4n) is 2.81. The van der Waals surface area contributed by atoms with Gasteiger partial charge in [-0.05, 0) is 77.7 Å².